The molecule has 94 valence electrons. The molecule has 1 heterocycles. The van der Waals surface area contributed by atoms with Crippen molar-refractivity contribution in [1.82, 2.24) is 4.90 Å². The number of aliphatic hydroxyl groups is 1. The molecule has 0 spiro atoms. The standard InChI is InChI=1S/C12H17NO3S/c14-11-6-7-13(10-11)8-9-17(15,16)12-4-2-1-3-5-12/h1-5,11,14H,6-10H2/t11-/m0/s1. The Balaban J connectivity index is 1.95. The fourth-order valence-corrected chi connectivity index (χ4v) is 3.32. The smallest absolute Gasteiger partial charge is 0.179 e. The monoisotopic (exact) mass is 255 g/mol. The fourth-order valence-electron chi connectivity index (χ4n) is 2.01. The predicted molar refractivity (Wildman–Crippen MR) is 65.6 cm³/mol. The van der Waals surface area contributed by atoms with Crippen molar-refractivity contribution in [3.63, 3.8) is 0 Å². The van der Waals surface area contributed by atoms with Gasteiger partial charge in [0.2, 0.25) is 0 Å². The molecule has 0 unspecified atom stereocenters. The molecule has 0 saturated carbocycles. The molecular weight excluding hydrogens is 238 g/mol. The van der Waals surface area contributed by atoms with Gasteiger partial charge in [-0.1, -0.05) is 18.2 Å². The maximum absolute atomic E-state index is 12.0. The van der Waals surface area contributed by atoms with Crippen LogP contribution >= 0.6 is 0 Å². The lowest BCUT2D eigenvalue weighted by Gasteiger charge is -2.14. The van der Waals surface area contributed by atoms with E-state index in [-0.39, 0.29) is 11.9 Å². The largest absolute Gasteiger partial charge is 0.392 e. The van der Waals surface area contributed by atoms with Crippen molar-refractivity contribution in [1.29, 1.82) is 0 Å². The number of benzene rings is 1. The molecule has 0 aromatic heterocycles. The van der Waals surface area contributed by atoms with Crippen LogP contribution in [0.15, 0.2) is 35.2 Å². The van der Waals surface area contributed by atoms with Crippen LogP contribution in [0, 0.1) is 0 Å². The molecule has 4 nitrogen and oxygen atoms in total. The minimum Gasteiger partial charge on any atom is -0.392 e. The van der Waals surface area contributed by atoms with Crippen molar-refractivity contribution < 1.29 is 13.5 Å². The molecule has 0 bridgehead atoms. The Morgan fingerprint density at radius 2 is 2.00 bits per heavy atom. The molecule has 1 fully saturated rings. The molecular formula is C12H17NO3S. The highest BCUT2D eigenvalue weighted by Crippen LogP contribution is 2.13. The van der Waals surface area contributed by atoms with E-state index in [0.717, 1.165) is 13.0 Å². The van der Waals surface area contributed by atoms with Crippen molar-refractivity contribution >= 4 is 9.84 Å². The van der Waals surface area contributed by atoms with Crippen LogP contribution in [0.3, 0.4) is 0 Å². The van der Waals surface area contributed by atoms with Crippen molar-refractivity contribution in [2.45, 2.75) is 17.4 Å². The van der Waals surface area contributed by atoms with Gasteiger partial charge in [-0.15, -0.1) is 0 Å². The number of hydrogen-bond acceptors (Lipinski definition) is 4. The van der Waals surface area contributed by atoms with Gasteiger partial charge in [0.1, 0.15) is 0 Å². The SMILES string of the molecule is O=S(=O)(CCN1CC[C@H](O)C1)c1ccccc1. The Hall–Kier alpha value is -0.910. The highest BCUT2D eigenvalue weighted by Gasteiger charge is 2.22. The number of likely N-dealkylation sites (tertiary alicyclic amines) is 1. The third kappa shape index (κ3) is 3.28. The van der Waals surface area contributed by atoms with E-state index in [1.165, 1.54) is 0 Å². The minimum absolute atomic E-state index is 0.115. The van der Waals surface area contributed by atoms with Crippen LogP contribution < -0.4 is 0 Å². The summed E-state index contributed by atoms with van der Waals surface area (Å²) in [6.45, 7) is 1.87. The summed E-state index contributed by atoms with van der Waals surface area (Å²) in [5.41, 5.74) is 0. The van der Waals surface area contributed by atoms with Gasteiger partial charge >= 0.3 is 0 Å². The van der Waals surface area contributed by atoms with Gasteiger partial charge < -0.3 is 5.11 Å². The normalized spacial score (nSPS) is 21.8. The fraction of sp³-hybridized carbons (Fsp3) is 0.500. The van der Waals surface area contributed by atoms with Gasteiger partial charge in [0, 0.05) is 19.6 Å². The lowest BCUT2D eigenvalue weighted by Crippen LogP contribution is -2.28. The predicted octanol–water partition coefficient (Wildman–Crippen LogP) is 0.527. The second kappa shape index (κ2) is 5.16. The summed E-state index contributed by atoms with van der Waals surface area (Å²) in [6.07, 6.45) is 0.445. The number of nitrogens with zero attached hydrogens (tertiary/aromatic N) is 1. The average Bonchev–Trinajstić information content (AvgIpc) is 2.74. The van der Waals surface area contributed by atoms with Crippen LogP contribution in [0.25, 0.3) is 0 Å². The zero-order valence-electron chi connectivity index (χ0n) is 9.62. The molecule has 0 amide bonds. The first-order chi connectivity index (χ1) is 8.08. The summed E-state index contributed by atoms with van der Waals surface area (Å²) in [7, 11) is -3.19. The van der Waals surface area contributed by atoms with Gasteiger partial charge in [-0.2, -0.15) is 0 Å². The van der Waals surface area contributed by atoms with Gasteiger partial charge in [0.15, 0.2) is 9.84 Å². The number of sulfone groups is 1. The number of hydrogen-bond donors (Lipinski definition) is 1. The van der Waals surface area contributed by atoms with E-state index in [1.54, 1.807) is 30.3 Å². The topological polar surface area (TPSA) is 57.6 Å². The Labute approximate surface area is 102 Å². The number of β-amino-alcohol motifs (C(OH)–C–C–N with tert-alkyl or cyclic N) is 1. The van der Waals surface area contributed by atoms with Crippen LogP contribution in [0.4, 0.5) is 0 Å². The molecule has 1 saturated heterocycles. The van der Waals surface area contributed by atoms with E-state index in [4.69, 9.17) is 0 Å². The molecule has 0 aliphatic carbocycles. The molecule has 17 heavy (non-hydrogen) atoms. The first kappa shape index (κ1) is 12.5. The second-order valence-electron chi connectivity index (χ2n) is 4.38. The first-order valence-electron chi connectivity index (χ1n) is 5.76. The molecule has 1 aliphatic heterocycles. The molecule has 2 rings (SSSR count). The number of rotatable bonds is 4. The van der Waals surface area contributed by atoms with E-state index < -0.39 is 9.84 Å². The molecule has 1 aliphatic rings. The second-order valence-corrected chi connectivity index (χ2v) is 6.48. The zero-order chi connectivity index (χ0) is 12.3. The van der Waals surface area contributed by atoms with Crippen LogP contribution in [-0.2, 0) is 9.84 Å². The van der Waals surface area contributed by atoms with E-state index in [1.807, 2.05) is 4.90 Å². The Kier molecular flexibility index (Phi) is 3.81. The van der Waals surface area contributed by atoms with Crippen LogP contribution in [0.2, 0.25) is 0 Å². The van der Waals surface area contributed by atoms with E-state index >= 15 is 0 Å². The average molecular weight is 255 g/mol. The quantitative estimate of drug-likeness (QED) is 0.852. The van der Waals surface area contributed by atoms with Crippen molar-refractivity contribution in [3.05, 3.63) is 30.3 Å². The third-order valence-electron chi connectivity index (χ3n) is 3.03. The van der Waals surface area contributed by atoms with Gasteiger partial charge in [-0.25, -0.2) is 8.42 Å². The summed E-state index contributed by atoms with van der Waals surface area (Å²) >= 11 is 0. The Bertz CT molecular complexity index is 458. The van der Waals surface area contributed by atoms with Crippen LogP contribution in [-0.4, -0.2) is 49.9 Å². The Morgan fingerprint density at radius 3 is 2.59 bits per heavy atom. The van der Waals surface area contributed by atoms with Crippen molar-refractivity contribution in [2.75, 3.05) is 25.4 Å². The van der Waals surface area contributed by atoms with Gasteiger partial charge in [-0.3, -0.25) is 4.90 Å². The molecule has 1 atom stereocenters. The molecule has 5 heteroatoms. The Morgan fingerprint density at radius 1 is 1.29 bits per heavy atom. The number of aliphatic hydroxyl groups excluding tert-OH is 1. The summed E-state index contributed by atoms with van der Waals surface area (Å²) in [6, 6.07) is 8.50. The zero-order valence-corrected chi connectivity index (χ0v) is 10.4. The van der Waals surface area contributed by atoms with E-state index in [9.17, 15) is 13.5 Å². The lowest BCUT2D eigenvalue weighted by molar-refractivity contribution is 0.178. The summed E-state index contributed by atoms with van der Waals surface area (Å²) in [4.78, 5) is 2.37. The van der Waals surface area contributed by atoms with Gasteiger partial charge in [0.05, 0.1) is 16.8 Å². The maximum atomic E-state index is 12.0. The van der Waals surface area contributed by atoms with Crippen molar-refractivity contribution in [3.8, 4) is 0 Å². The maximum Gasteiger partial charge on any atom is 0.179 e. The van der Waals surface area contributed by atoms with Crippen molar-refractivity contribution in [2.24, 2.45) is 0 Å². The van der Waals surface area contributed by atoms with Gasteiger partial charge in [-0.05, 0) is 18.6 Å². The molecule has 1 aromatic carbocycles. The van der Waals surface area contributed by atoms with Crippen LogP contribution in [0.5, 0.6) is 0 Å². The lowest BCUT2D eigenvalue weighted by atomic mass is 10.3. The highest BCUT2D eigenvalue weighted by molar-refractivity contribution is 7.91. The molecule has 0 radical (unpaired) electrons. The van der Waals surface area contributed by atoms with E-state index in [2.05, 4.69) is 0 Å². The summed E-state index contributed by atoms with van der Waals surface area (Å²) in [5.74, 6) is 0.115. The molecule has 1 aromatic rings. The third-order valence-corrected chi connectivity index (χ3v) is 4.74. The van der Waals surface area contributed by atoms with E-state index in [0.29, 0.717) is 18.0 Å². The summed E-state index contributed by atoms with van der Waals surface area (Å²) in [5, 5.41) is 9.35. The highest BCUT2D eigenvalue weighted by atomic mass is 32.2. The summed E-state index contributed by atoms with van der Waals surface area (Å²) < 4.78 is 24.0. The minimum atomic E-state index is -3.19. The first-order valence-corrected chi connectivity index (χ1v) is 7.41. The van der Waals surface area contributed by atoms with Crippen LogP contribution in [0.1, 0.15) is 6.42 Å². The molecule has 1 N–H and O–H groups in total. The van der Waals surface area contributed by atoms with Gasteiger partial charge in [0.25, 0.3) is 0 Å².